The van der Waals surface area contributed by atoms with E-state index in [0.717, 1.165) is 5.57 Å². The van der Waals surface area contributed by atoms with Crippen molar-refractivity contribution >= 4 is 11.9 Å². The zero-order chi connectivity index (χ0) is 13.0. The number of allylic oxidation sites excluding steroid dienone is 1. The largest absolute Gasteiger partial charge is 0.481 e. The second kappa shape index (κ2) is 5.84. The lowest BCUT2D eigenvalue weighted by molar-refractivity contribution is -0.146. The minimum absolute atomic E-state index is 0.126. The van der Waals surface area contributed by atoms with E-state index in [9.17, 15) is 9.59 Å². The van der Waals surface area contributed by atoms with E-state index in [-0.39, 0.29) is 11.8 Å². The van der Waals surface area contributed by atoms with Gasteiger partial charge in [0.15, 0.2) is 0 Å². The van der Waals surface area contributed by atoms with Crippen molar-refractivity contribution < 1.29 is 14.7 Å². The average molecular weight is 239 g/mol. The summed E-state index contributed by atoms with van der Waals surface area (Å²) in [6.07, 6.45) is 3.21. The van der Waals surface area contributed by atoms with E-state index >= 15 is 0 Å². The fourth-order valence-corrected chi connectivity index (χ4v) is 2.34. The Kier molecular flexibility index (Phi) is 4.73. The first-order valence-corrected chi connectivity index (χ1v) is 6.05. The monoisotopic (exact) mass is 239 g/mol. The third kappa shape index (κ3) is 3.88. The van der Waals surface area contributed by atoms with Crippen LogP contribution in [0.25, 0.3) is 0 Å². The molecule has 17 heavy (non-hydrogen) atoms. The SMILES string of the molecule is CC(C)=CCNC(=O)[C@H]1CC(C)C[C@H]1C(=O)O. The Bertz CT molecular complexity index is 332. The van der Waals surface area contributed by atoms with Crippen LogP contribution in [0.15, 0.2) is 11.6 Å². The highest BCUT2D eigenvalue weighted by Crippen LogP contribution is 2.36. The molecule has 96 valence electrons. The third-order valence-electron chi connectivity index (χ3n) is 3.24. The molecule has 0 saturated heterocycles. The number of carboxylic acid groups (broad SMARTS) is 1. The van der Waals surface area contributed by atoms with E-state index in [2.05, 4.69) is 5.32 Å². The normalized spacial score (nSPS) is 27.6. The summed E-state index contributed by atoms with van der Waals surface area (Å²) in [7, 11) is 0. The highest BCUT2D eigenvalue weighted by molar-refractivity contribution is 5.85. The minimum Gasteiger partial charge on any atom is -0.481 e. The number of amides is 1. The number of carboxylic acids is 1. The second-order valence-corrected chi connectivity index (χ2v) is 5.15. The van der Waals surface area contributed by atoms with E-state index in [1.165, 1.54) is 0 Å². The summed E-state index contributed by atoms with van der Waals surface area (Å²) >= 11 is 0. The molecular formula is C13H21NO3. The number of nitrogens with one attached hydrogen (secondary N) is 1. The van der Waals surface area contributed by atoms with Crippen molar-refractivity contribution in [2.45, 2.75) is 33.6 Å². The average Bonchev–Trinajstić information content (AvgIpc) is 2.59. The van der Waals surface area contributed by atoms with Crippen LogP contribution < -0.4 is 5.32 Å². The molecule has 4 heteroatoms. The van der Waals surface area contributed by atoms with Gasteiger partial charge in [-0.3, -0.25) is 9.59 Å². The molecule has 3 atom stereocenters. The summed E-state index contributed by atoms with van der Waals surface area (Å²) < 4.78 is 0. The van der Waals surface area contributed by atoms with Gasteiger partial charge in [0.1, 0.15) is 0 Å². The van der Waals surface area contributed by atoms with E-state index in [4.69, 9.17) is 5.11 Å². The van der Waals surface area contributed by atoms with Gasteiger partial charge >= 0.3 is 5.97 Å². The highest BCUT2D eigenvalue weighted by atomic mass is 16.4. The molecule has 0 aromatic heterocycles. The molecule has 1 aliphatic rings. The number of carbonyl (C=O) groups excluding carboxylic acids is 1. The van der Waals surface area contributed by atoms with E-state index in [1.54, 1.807) is 0 Å². The number of rotatable bonds is 4. The fraction of sp³-hybridized carbons (Fsp3) is 0.692. The van der Waals surface area contributed by atoms with Gasteiger partial charge in [-0.1, -0.05) is 18.6 Å². The molecule has 0 radical (unpaired) electrons. The molecule has 0 spiro atoms. The molecule has 1 unspecified atom stereocenters. The topological polar surface area (TPSA) is 66.4 Å². The Morgan fingerprint density at radius 3 is 2.41 bits per heavy atom. The summed E-state index contributed by atoms with van der Waals surface area (Å²) in [5, 5.41) is 11.9. The lowest BCUT2D eigenvalue weighted by atomic mass is 9.95. The van der Waals surface area contributed by atoms with Gasteiger partial charge in [-0.15, -0.1) is 0 Å². The Labute approximate surface area is 102 Å². The van der Waals surface area contributed by atoms with Crippen molar-refractivity contribution in [1.82, 2.24) is 5.32 Å². The summed E-state index contributed by atoms with van der Waals surface area (Å²) in [6, 6.07) is 0. The van der Waals surface area contributed by atoms with E-state index in [1.807, 2.05) is 26.8 Å². The predicted molar refractivity (Wildman–Crippen MR) is 65.5 cm³/mol. The Balaban J connectivity index is 2.55. The Morgan fingerprint density at radius 2 is 1.88 bits per heavy atom. The molecule has 0 aromatic rings. The van der Waals surface area contributed by atoms with Gasteiger partial charge in [0.25, 0.3) is 0 Å². The van der Waals surface area contributed by atoms with Crippen molar-refractivity contribution in [1.29, 1.82) is 0 Å². The third-order valence-corrected chi connectivity index (χ3v) is 3.24. The van der Waals surface area contributed by atoms with Crippen LogP contribution in [-0.4, -0.2) is 23.5 Å². The molecule has 1 amide bonds. The molecule has 0 heterocycles. The van der Waals surface area contributed by atoms with Crippen molar-refractivity contribution in [3.05, 3.63) is 11.6 Å². The van der Waals surface area contributed by atoms with Crippen LogP contribution in [-0.2, 0) is 9.59 Å². The first kappa shape index (κ1) is 13.7. The van der Waals surface area contributed by atoms with Crippen molar-refractivity contribution in [3.63, 3.8) is 0 Å². The fourth-order valence-electron chi connectivity index (χ4n) is 2.34. The van der Waals surface area contributed by atoms with Crippen LogP contribution in [0.5, 0.6) is 0 Å². The lowest BCUT2D eigenvalue weighted by Gasteiger charge is -2.14. The number of aliphatic carboxylic acids is 1. The second-order valence-electron chi connectivity index (χ2n) is 5.15. The first-order valence-electron chi connectivity index (χ1n) is 6.05. The van der Waals surface area contributed by atoms with Crippen LogP contribution in [0.4, 0.5) is 0 Å². The smallest absolute Gasteiger partial charge is 0.307 e. The van der Waals surface area contributed by atoms with E-state index in [0.29, 0.717) is 25.3 Å². The van der Waals surface area contributed by atoms with Crippen molar-refractivity contribution in [2.75, 3.05) is 6.54 Å². The number of hydrogen-bond acceptors (Lipinski definition) is 2. The summed E-state index contributed by atoms with van der Waals surface area (Å²) in [5.41, 5.74) is 1.14. The van der Waals surface area contributed by atoms with Gasteiger partial charge in [-0.2, -0.15) is 0 Å². The molecule has 1 aliphatic carbocycles. The zero-order valence-corrected chi connectivity index (χ0v) is 10.7. The maximum absolute atomic E-state index is 11.9. The first-order chi connectivity index (χ1) is 7.91. The summed E-state index contributed by atoms with van der Waals surface area (Å²) in [5.74, 6) is -1.55. The predicted octanol–water partition coefficient (Wildman–Crippen LogP) is 1.82. The van der Waals surface area contributed by atoms with Crippen LogP contribution in [0.2, 0.25) is 0 Å². The van der Waals surface area contributed by atoms with Gasteiger partial charge in [0.2, 0.25) is 5.91 Å². The molecule has 1 saturated carbocycles. The van der Waals surface area contributed by atoms with Gasteiger partial charge in [0, 0.05) is 6.54 Å². The molecule has 0 bridgehead atoms. The van der Waals surface area contributed by atoms with Crippen molar-refractivity contribution in [3.8, 4) is 0 Å². The highest BCUT2D eigenvalue weighted by Gasteiger charge is 2.40. The Morgan fingerprint density at radius 1 is 1.29 bits per heavy atom. The summed E-state index contributed by atoms with van der Waals surface area (Å²) in [4.78, 5) is 22.9. The standard InChI is InChI=1S/C13H21NO3/c1-8(2)4-5-14-12(15)10-6-9(3)7-11(10)13(16)17/h4,9-11H,5-7H2,1-3H3,(H,14,15)(H,16,17)/t9?,10-,11+/m0/s1. The maximum atomic E-state index is 11.9. The molecule has 0 aliphatic heterocycles. The molecule has 0 aromatic carbocycles. The summed E-state index contributed by atoms with van der Waals surface area (Å²) in [6.45, 7) is 6.41. The number of hydrogen-bond donors (Lipinski definition) is 2. The quantitative estimate of drug-likeness (QED) is 0.735. The van der Waals surface area contributed by atoms with Crippen LogP contribution in [0.3, 0.4) is 0 Å². The molecule has 1 rings (SSSR count). The van der Waals surface area contributed by atoms with Gasteiger partial charge < -0.3 is 10.4 Å². The van der Waals surface area contributed by atoms with Gasteiger partial charge in [-0.05, 0) is 32.6 Å². The molecular weight excluding hydrogens is 218 g/mol. The molecule has 4 nitrogen and oxygen atoms in total. The zero-order valence-electron chi connectivity index (χ0n) is 10.7. The molecule has 2 N–H and O–H groups in total. The van der Waals surface area contributed by atoms with E-state index < -0.39 is 11.9 Å². The van der Waals surface area contributed by atoms with Crippen molar-refractivity contribution in [2.24, 2.45) is 17.8 Å². The van der Waals surface area contributed by atoms with Crippen LogP contribution in [0.1, 0.15) is 33.6 Å². The lowest BCUT2D eigenvalue weighted by Crippen LogP contribution is -2.35. The van der Waals surface area contributed by atoms with Gasteiger partial charge in [-0.25, -0.2) is 0 Å². The van der Waals surface area contributed by atoms with Gasteiger partial charge in [0.05, 0.1) is 11.8 Å². The van der Waals surface area contributed by atoms with Crippen LogP contribution >= 0.6 is 0 Å². The van der Waals surface area contributed by atoms with Crippen LogP contribution in [0, 0.1) is 17.8 Å². The number of carbonyl (C=O) groups is 2. The Hall–Kier alpha value is -1.32. The molecule has 1 fully saturated rings. The maximum Gasteiger partial charge on any atom is 0.307 e. The minimum atomic E-state index is -0.850.